The van der Waals surface area contributed by atoms with Crippen molar-refractivity contribution in [1.82, 2.24) is 4.31 Å². The van der Waals surface area contributed by atoms with Crippen molar-refractivity contribution < 1.29 is 22.7 Å². The van der Waals surface area contributed by atoms with Crippen LogP contribution in [-0.2, 0) is 21.2 Å². The maximum atomic E-state index is 12.7. The Balaban J connectivity index is 1.85. The molecule has 30 heavy (non-hydrogen) atoms. The van der Waals surface area contributed by atoms with Crippen molar-refractivity contribution in [3.05, 3.63) is 53.3 Å². The molecule has 0 saturated heterocycles. The second-order valence-electron chi connectivity index (χ2n) is 7.14. The van der Waals surface area contributed by atoms with Gasteiger partial charge in [-0.1, -0.05) is 26.0 Å². The third-order valence-corrected chi connectivity index (χ3v) is 7.32. The molecule has 0 aliphatic heterocycles. The lowest BCUT2D eigenvalue weighted by atomic mass is 10.0. The molecule has 0 saturated carbocycles. The molecule has 3 aromatic rings. The van der Waals surface area contributed by atoms with E-state index in [9.17, 15) is 18.3 Å². The minimum absolute atomic E-state index is 0.0131. The SMILES string of the molecule is CCN(CC)S(=O)(=O)c1ccc(O)c(NC(=O)Cc2coc3c(C)c(C)ccc23)c1. The highest BCUT2D eigenvalue weighted by molar-refractivity contribution is 7.89. The standard InChI is InChI=1S/C22H26N2O5S/c1-5-24(6-2)30(27,28)17-8-10-20(25)19(12-17)23-21(26)11-16-13-29-22-15(4)14(3)7-9-18(16)22/h7-10,12-13,25H,5-6,11H2,1-4H3,(H,23,26). The van der Waals surface area contributed by atoms with Crippen molar-refractivity contribution in [2.45, 2.75) is 39.0 Å². The van der Waals surface area contributed by atoms with Crippen molar-refractivity contribution in [2.24, 2.45) is 0 Å². The van der Waals surface area contributed by atoms with Gasteiger partial charge in [0.05, 0.1) is 23.3 Å². The van der Waals surface area contributed by atoms with Crippen LogP contribution < -0.4 is 5.32 Å². The maximum Gasteiger partial charge on any atom is 0.243 e. The summed E-state index contributed by atoms with van der Waals surface area (Å²) in [5.74, 6) is -0.589. The van der Waals surface area contributed by atoms with Gasteiger partial charge in [0.2, 0.25) is 15.9 Å². The van der Waals surface area contributed by atoms with E-state index in [1.807, 2.05) is 26.0 Å². The van der Waals surface area contributed by atoms with Crippen LogP contribution in [0.25, 0.3) is 11.0 Å². The Kier molecular flexibility index (Phi) is 6.19. The molecule has 3 rings (SSSR count). The minimum Gasteiger partial charge on any atom is -0.506 e. The van der Waals surface area contributed by atoms with E-state index >= 15 is 0 Å². The molecule has 8 heteroatoms. The van der Waals surface area contributed by atoms with Gasteiger partial charge in [-0.25, -0.2) is 8.42 Å². The first kappa shape index (κ1) is 21.9. The molecule has 0 aliphatic rings. The summed E-state index contributed by atoms with van der Waals surface area (Å²) in [6.07, 6.45) is 1.58. The first-order chi connectivity index (χ1) is 14.2. The molecule has 160 valence electrons. The van der Waals surface area contributed by atoms with Gasteiger partial charge in [0.15, 0.2) is 0 Å². The van der Waals surface area contributed by atoms with Crippen molar-refractivity contribution in [2.75, 3.05) is 18.4 Å². The zero-order valence-electron chi connectivity index (χ0n) is 17.5. The van der Waals surface area contributed by atoms with E-state index in [0.717, 1.165) is 27.7 Å². The summed E-state index contributed by atoms with van der Waals surface area (Å²) >= 11 is 0. The summed E-state index contributed by atoms with van der Waals surface area (Å²) < 4.78 is 32.4. The molecule has 0 radical (unpaired) electrons. The number of anilines is 1. The topological polar surface area (TPSA) is 99.9 Å². The number of rotatable bonds is 7. The summed E-state index contributed by atoms with van der Waals surface area (Å²) in [6.45, 7) is 8.11. The van der Waals surface area contributed by atoms with E-state index in [4.69, 9.17) is 4.42 Å². The second kappa shape index (κ2) is 8.49. The number of phenols is 1. The number of amides is 1. The van der Waals surface area contributed by atoms with Crippen LogP contribution in [0.15, 0.2) is 45.9 Å². The number of benzene rings is 2. The number of hydrogen-bond acceptors (Lipinski definition) is 5. The van der Waals surface area contributed by atoms with E-state index < -0.39 is 10.0 Å². The summed E-state index contributed by atoms with van der Waals surface area (Å²) in [6, 6.07) is 7.76. The lowest BCUT2D eigenvalue weighted by Gasteiger charge is -2.19. The van der Waals surface area contributed by atoms with Crippen LogP contribution in [0.5, 0.6) is 5.75 Å². The van der Waals surface area contributed by atoms with Crippen molar-refractivity contribution >= 4 is 32.6 Å². The van der Waals surface area contributed by atoms with Crippen LogP contribution in [0.3, 0.4) is 0 Å². The molecule has 0 spiro atoms. The Morgan fingerprint density at radius 2 is 1.83 bits per heavy atom. The minimum atomic E-state index is -3.71. The highest BCUT2D eigenvalue weighted by Crippen LogP contribution is 2.30. The van der Waals surface area contributed by atoms with Crippen LogP contribution in [0.1, 0.15) is 30.5 Å². The molecule has 1 amide bonds. The molecular formula is C22H26N2O5S. The number of aryl methyl sites for hydroxylation is 2. The van der Waals surface area contributed by atoms with Gasteiger partial charge in [-0.3, -0.25) is 4.79 Å². The Morgan fingerprint density at radius 1 is 1.13 bits per heavy atom. The number of fused-ring (bicyclic) bond motifs is 1. The van der Waals surface area contributed by atoms with Gasteiger partial charge >= 0.3 is 0 Å². The Morgan fingerprint density at radius 3 is 2.50 bits per heavy atom. The fourth-order valence-electron chi connectivity index (χ4n) is 3.38. The first-order valence-electron chi connectivity index (χ1n) is 9.78. The normalized spacial score (nSPS) is 11.9. The summed E-state index contributed by atoms with van der Waals surface area (Å²) in [4.78, 5) is 12.6. The molecule has 1 aromatic heterocycles. The third kappa shape index (κ3) is 4.06. The molecule has 0 bridgehead atoms. The van der Waals surface area contributed by atoms with Gasteiger partial charge in [-0.15, -0.1) is 0 Å². The Hall–Kier alpha value is -2.84. The first-order valence-corrected chi connectivity index (χ1v) is 11.2. The van der Waals surface area contributed by atoms with E-state index in [1.165, 1.54) is 22.5 Å². The zero-order chi connectivity index (χ0) is 22.1. The Labute approximate surface area is 176 Å². The van der Waals surface area contributed by atoms with Gasteiger partial charge in [-0.05, 0) is 43.2 Å². The molecule has 7 nitrogen and oxygen atoms in total. The van der Waals surface area contributed by atoms with Gasteiger partial charge in [0, 0.05) is 24.0 Å². The van der Waals surface area contributed by atoms with Gasteiger partial charge < -0.3 is 14.8 Å². The average Bonchev–Trinajstić information content (AvgIpc) is 3.10. The fourth-order valence-corrected chi connectivity index (χ4v) is 4.87. The van der Waals surface area contributed by atoms with E-state index in [-0.39, 0.29) is 28.7 Å². The van der Waals surface area contributed by atoms with Crippen LogP contribution in [0.4, 0.5) is 5.69 Å². The molecule has 2 N–H and O–H groups in total. The van der Waals surface area contributed by atoms with Crippen molar-refractivity contribution in [1.29, 1.82) is 0 Å². The third-order valence-electron chi connectivity index (χ3n) is 5.28. The maximum absolute atomic E-state index is 12.7. The summed E-state index contributed by atoms with van der Waals surface area (Å²) in [7, 11) is -3.71. The van der Waals surface area contributed by atoms with Crippen LogP contribution >= 0.6 is 0 Å². The fraction of sp³-hybridized carbons (Fsp3) is 0.318. The molecule has 2 aromatic carbocycles. The van der Waals surface area contributed by atoms with Gasteiger partial charge in [0.1, 0.15) is 11.3 Å². The molecule has 0 aliphatic carbocycles. The number of sulfonamides is 1. The van der Waals surface area contributed by atoms with E-state index in [1.54, 1.807) is 20.1 Å². The molecule has 1 heterocycles. The smallest absolute Gasteiger partial charge is 0.243 e. The predicted octanol–water partition coefficient (Wildman–Crippen LogP) is 3.97. The van der Waals surface area contributed by atoms with E-state index in [0.29, 0.717) is 13.1 Å². The summed E-state index contributed by atoms with van der Waals surface area (Å²) in [5.41, 5.74) is 3.63. The lowest BCUT2D eigenvalue weighted by molar-refractivity contribution is -0.115. The molecule has 0 atom stereocenters. The number of carbonyl (C=O) groups excluding carboxylic acids is 1. The predicted molar refractivity (Wildman–Crippen MR) is 116 cm³/mol. The molecule has 0 fully saturated rings. The van der Waals surface area contributed by atoms with Crippen LogP contribution in [0, 0.1) is 13.8 Å². The molecular weight excluding hydrogens is 404 g/mol. The molecule has 0 unspecified atom stereocenters. The van der Waals surface area contributed by atoms with Gasteiger partial charge in [0.25, 0.3) is 0 Å². The average molecular weight is 431 g/mol. The Bertz CT molecular complexity index is 1190. The van der Waals surface area contributed by atoms with Gasteiger partial charge in [-0.2, -0.15) is 4.31 Å². The number of nitrogens with zero attached hydrogens (tertiary/aromatic N) is 1. The number of carbonyl (C=O) groups is 1. The number of aromatic hydroxyl groups is 1. The van der Waals surface area contributed by atoms with E-state index in [2.05, 4.69) is 5.32 Å². The number of phenolic OH excluding ortho intramolecular Hbond substituents is 1. The van der Waals surface area contributed by atoms with Crippen molar-refractivity contribution in [3.63, 3.8) is 0 Å². The monoisotopic (exact) mass is 430 g/mol. The quantitative estimate of drug-likeness (QED) is 0.553. The van der Waals surface area contributed by atoms with Crippen molar-refractivity contribution in [3.8, 4) is 5.75 Å². The largest absolute Gasteiger partial charge is 0.506 e. The van der Waals surface area contributed by atoms with Crippen LogP contribution in [0.2, 0.25) is 0 Å². The summed E-state index contributed by atoms with van der Waals surface area (Å²) in [5, 5.41) is 13.6. The highest BCUT2D eigenvalue weighted by atomic mass is 32.2. The van der Waals surface area contributed by atoms with Crippen LogP contribution in [-0.4, -0.2) is 36.8 Å². The number of furan rings is 1. The second-order valence-corrected chi connectivity index (χ2v) is 9.08. The zero-order valence-corrected chi connectivity index (χ0v) is 18.3. The number of nitrogens with one attached hydrogen (secondary N) is 1. The highest BCUT2D eigenvalue weighted by Gasteiger charge is 2.23. The lowest BCUT2D eigenvalue weighted by Crippen LogP contribution is -2.30. The number of hydrogen-bond donors (Lipinski definition) is 2.